The van der Waals surface area contributed by atoms with E-state index in [0.29, 0.717) is 25.7 Å². The predicted molar refractivity (Wildman–Crippen MR) is 104 cm³/mol. The van der Waals surface area contributed by atoms with Crippen LogP contribution in [0.1, 0.15) is 5.56 Å². The van der Waals surface area contributed by atoms with E-state index in [-0.39, 0.29) is 42.2 Å². The molecule has 0 aliphatic heterocycles. The summed E-state index contributed by atoms with van der Waals surface area (Å²) in [6.45, 7) is 1.84. The molecule has 0 unspecified atom stereocenters. The van der Waals surface area contributed by atoms with Crippen LogP contribution in [-0.2, 0) is 16.0 Å². The molecule has 1 rings (SSSR count). The molecule has 6 nitrogen and oxygen atoms in total. The molecule has 1 aromatic rings. The van der Waals surface area contributed by atoms with E-state index >= 15 is 0 Å². The van der Waals surface area contributed by atoms with Crippen molar-refractivity contribution in [3.63, 3.8) is 0 Å². The second-order valence-electron chi connectivity index (χ2n) is 5.18. The number of hydrogen-bond acceptors (Lipinski definition) is 3. The van der Waals surface area contributed by atoms with Gasteiger partial charge in [0.1, 0.15) is 12.4 Å². The SMILES string of the molecule is COCCNC(=NCC(=O)N(C)C)NCCc1ccc(F)cc1.I. The van der Waals surface area contributed by atoms with Crippen LogP contribution in [0.3, 0.4) is 0 Å². The molecule has 0 saturated heterocycles. The van der Waals surface area contributed by atoms with Gasteiger partial charge in [0, 0.05) is 34.3 Å². The second-order valence-corrected chi connectivity index (χ2v) is 5.18. The van der Waals surface area contributed by atoms with Crippen molar-refractivity contribution in [2.75, 3.05) is 47.4 Å². The van der Waals surface area contributed by atoms with E-state index in [1.807, 2.05) is 0 Å². The van der Waals surface area contributed by atoms with Crippen molar-refractivity contribution in [1.29, 1.82) is 0 Å². The fourth-order valence-electron chi connectivity index (χ4n) is 1.71. The highest BCUT2D eigenvalue weighted by atomic mass is 127. The van der Waals surface area contributed by atoms with Gasteiger partial charge in [-0.2, -0.15) is 0 Å². The zero-order chi connectivity index (χ0) is 17.1. The molecule has 0 radical (unpaired) electrons. The van der Waals surface area contributed by atoms with Gasteiger partial charge in [-0.25, -0.2) is 9.38 Å². The van der Waals surface area contributed by atoms with Crippen molar-refractivity contribution >= 4 is 35.8 Å². The maximum atomic E-state index is 12.9. The first kappa shape index (κ1) is 22.6. The Morgan fingerprint density at radius 2 is 1.83 bits per heavy atom. The minimum absolute atomic E-state index is 0. The molecule has 8 heteroatoms. The van der Waals surface area contributed by atoms with Crippen LogP contribution < -0.4 is 10.6 Å². The van der Waals surface area contributed by atoms with E-state index in [1.165, 1.54) is 17.0 Å². The average Bonchev–Trinajstić information content (AvgIpc) is 2.53. The topological polar surface area (TPSA) is 66.0 Å². The number of ether oxygens (including phenoxy) is 1. The fraction of sp³-hybridized carbons (Fsp3) is 0.500. The number of benzene rings is 1. The lowest BCUT2D eigenvalue weighted by Gasteiger charge is -2.13. The van der Waals surface area contributed by atoms with Crippen molar-refractivity contribution in [3.05, 3.63) is 35.6 Å². The van der Waals surface area contributed by atoms with E-state index < -0.39 is 0 Å². The lowest BCUT2D eigenvalue weighted by molar-refractivity contribution is -0.127. The first-order valence-electron chi connectivity index (χ1n) is 7.48. The average molecular weight is 452 g/mol. The second kappa shape index (κ2) is 12.9. The highest BCUT2D eigenvalue weighted by Gasteiger charge is 2.04. The van der Waals surface area contributed by atoms with Gasteiger partial charge < -0.3 is 20.3 Å². The quantitative estimate of drug-likeness (QED) is 0.270. The van der Waals surface area contributed by atoms with Crippen LogP contribution in [0.15, 0.2) is 29.3 Å². The van der Waals surface area contributed by atoms with E-state index in [9.17, 15) is 9.18 Å². The minimum Gasteiger partial charge on any atom is -0.383 e. The Hall–Kier alpha value is -1.42. The largest absolute Gasteiger partial charge is 0.383 e. The highest BCUT2D eigenvalue weighted by Crippen LogP contribution is 2.02. The smallest absolute Gasteiger partial charge is 0.243 e. The Balaban J connectivity index is 0.00000529. The maximum Gasteiger partial charge on any atom is 0.243 e. The Kier molecular flexibility index (Phi) is 12.2. The Labute approximate surface area is 159 Å². The lowest BCUT2D eigenvalue weighted by Crippen LogP contribution is -2.40. The summed E-state index contributed by atoms with van der Waals surface area (Å²) in [6, 6.07) is 6.39. The van der Waals surface area contributed by atoms with Gasteiger partial charge >= 0.3 is 0 Å². The van der Waals surface area contributed by atoms with Crippen LogP contribution >= 0.6 is 24.0 Å². The summed E-state index contributed by atoms with van der Waals surface area (Å²) < 4.78 is 17.8. The lowest BCUT2D eigenvalue weighted by atomic mass is 10.1. The molecule has 1 amide bonds. The number of likely N-dealkylation sites (N-methyl/N-ethyl adjacent to an activating group) is 1. The number of carbonyl (C=O) groups excluding carboxylic acids is 1. The van der Waals surface area contributed by atoms with Gasteiger partial charge in [-0.3, -0.25) is 4.79 Å². The summed E-state index contributed by atoms with van der Waals surface area (Å²) in [6.07, 6.45) is 0.729. The third-order valence-electron chi connectivity index (χ3n) is 3.09. The summed E-state index contributed by atoms with van der Waals surface area (Å²) in [5, 5.41) is 6.25. The number of nitrogens with one attached hydrogen (secondary N) is 2. The molecule has 0 aliphatic rings. The Morgan fingerprint density at radius 1 is 1.21 bits per heavy atom. The minimum atomic E-state index is -0.243. The monoisotopic (exact) mass is 452 g/mol. The third kappa shape index (κ3) is 9.66. The number of hydrogen-bond donors (Lipinski definition) is 2. The van der Waals surface area contributed by atoms with Crippen LogP contribution in [0, 0.1) is 5.82 Å². The third-order valence-corrected chi connectivity index (χ3v) is 3.09. The van der Waals surface area contributed by atoms with E-state index in [4.69, 9.17) is 4.74 Å². The molecular formula is C16H26FIN4O2. The zero-order valence-electron chi connectivity index (χ0n) is 14.3. The van der Waals surface area contributed by atoms with Gasteiger partial charge in [0.2, 0.25) is 5.91 Å². The van der Waals surface area contributed by atoms with Gasteiger partial charge in [-0.15, -0.1) is 24.0 Å². The van der Waals surface area contributed by atoms with Crippen LogP contribution in [0.2, 0.25) is 0 Å². The van der Waals surface area contributed by atoms with Gasteiger partial charge in [0.15, 0.2) is 5.96 Å². The van der Waals surface area contributed by atoms with Gasteiger partial charge in [0.25, 0.3) is 0 Å². The molecule has 0 heterocycles. The zero-order valence-corrected chi connectivity index (χ0v) is 16.7. The van der Waals surface area contributed by atoms with Crippen molar-refractivity contribution < 1.29 is 13.9 Å². The highest BCUT2D eigenvalue weighted by molar-refractivity contribution is 14.0. The number of methoxy groups -OCH3 is 1. The fourth-order valence-corrected chi connectivity index (χ4v) is 1.71. The normalized spacial score (nSPS) is 10.8. The molecule has 0 aromatic heterocycles. The van der Waals surface area contributed by atoms with Crippen LogP contribution in [0.4, 0.5) is 4.39 Å². The van der Waals surface area contributed by atoms with E-state index in [1.54, 1.807) is 33.3 Å². The number of nitrogens with zero attached hydrogens (tertiary/aromatic N) is 2. The molecule has 2 N–H and O–H groups in total. The van der Waals surface area contributed by atoms with Crippen molar-refractivity contribution in [2.45, 2.75) is 6.42 Å². The van der Waals surface area contributed by atoms with Crippen LogP contribution in [0.5, 0.6) is 0 Å². The van der Waals surface area contributed by atoms with Crippen LogP contribution in [-0.4, -0.2) is 64.2 Å². The van der Waals surface area contributed by atoms with Crippen molar-refractivity contribution in [3.8, 4) is 0 Å². The van der Waals surface area contributed by atoms with E-state index in [2.05, 4.69) is 15.6 Å². The molecule has 0 fully saturated rings. The number of carbonyl (C=O) groups is 1. The number of guanidine groups is 1. The molecule has 0 spiro atoms. The molecule has 0 bridgehead atoms. The predicted octanol–water partition coefficient (Wildman–Crippen LogP) is 1.26. The van der Waals surface area contributed by atoms with Gasteiger partial charge in [-0.1, -0.05) is 12.1 Å². The maximum absolute atomic E-state index is 12.9. The summed E-state index contributed by atoms with van der Waals surface area (Å²) in [7, 11) is 5.01. The molecule has 0 atom stereocenters. The van der Waals surface area contributed by atoms with Crippen molar-refractivity contribution in [2.24, 2.45) is 4.99 Å². The first-order chi connectivity index (χ1) is 11.0. The molecule has 0 aliphatic carbocycles. The standard InChI is InChI=1S/C16H25FN4O2.HI/c1-21(2)15(22)12-20-16(19-10-11-23-3)18-9-8-13-4-6-14(17)7-5-13;/h4-7H,8-12H2,1-3H3,(H2,18,19,20);1H. The molecule has 1 aromatic carbocycles. The summed E-state index contributed by atoms with van der Waals surface area (Å²) in [5.74, 6) is 0.239. The van der Waals surface area contributed by atoms with Crippen molar-refractivity contribution in [1.82, 2.24) is 15.5 Å². The number of rotatable bonds is 8. The Morgan fingerprint density at radius 3 is 2.42 bits per heavy atom. The molecular weight excluding hydrogens is 426 g/mol. The summed E-state index contributed by atoms with van der Waals surface area (Å²) in [4.78, 5) is 17.4. The first-order valence-corrected chi connectivity index (χ1v) is 7.48. The molecule has 136 valence electrons. The molecule has 0 saturated carbocycles. The van der Waals surface area contributed by atoms with E-state index in [0.717, 1.165) is 12.0 Å². The number of aliphatic imine (C=N–C) groups is 1. The van der Waals surface area contributed by atoms with Crippen LogP contribution in [0.25, 0.3) is 0 Å². The number of halogens is 2. The van der Waals surface area contributed by atoms with Gasteiger partial charge in [-0.05, 0) is 24.1 Å². The summed E-state index contributed by atoms with van der Waals surface area (Å²) in [5.41, 5.74) is 1.03. The number of amides is 1. The molecule has 24 heavy (non-hydrogen) atoms. The van der Waals surface area contributed by atoms with Gasteiger partial charge in [0.05, 0.1) is 6.61 Å². The Bertz CT molecular complexity index is 509. The summed E-state index contributed by atoms with van der Waals surface area (Å²) >= 11 is 0.